The molecule has 5 rings (SSSR count). The van der Waals surface area contributed by atoms with Crippen molar-refractivity contribution in [2.45, 2.75) is 25.9 Å². The minimum Gasteiger partial charge on any atom is -0.325 e. The molecule has 0 aliphatic heterocycles. The normalized spacial score (nSPS) is 10.9. The summed E-state index contributed by atoms with van der Waals surface area (Å²) < 4.78 is 2.17. The average Bonchev–Trinajstić information content (AvgIpc) is 3.30. The molecule has 0 unspecified atom stereocenters. The molecule has 0 spiro atoms. The van der Waals surface area contributed by atoms with Crippen molar-refractivity contribution >= 4 is 23.4 Å². The molecule has 5 heteroatoms. The SMILES string of the molecule is Cc1ccc(-n2c(SCC(=O)Nc3ccc(C)c(C)c3)nc(-c3ccccc3)c2-c2ccccc2)cc1. The second kappa shape index (κ2) is 10.9. The number of aryl methyl sites for hydroxylation is 3. The van der Waals surface area contributed by atoms with E-state index in [9.17, 15) is 4.79 Å². The lowest BCUT2D eigenvalue weighted by Crippen LogP contribution is -2.14. The van der Waals surface area contributed by atoms with Gasteiger partial charge in [-0.05, 0) is 56.2 Å². The average molecular weight is 504 g/mol. The Balaban J connectivity index is 1.56. The topological polar surface area (TPSA) is 46.9 Å². The molecule has 0 bridgehead atoms. The van der Waals surface area contributed by atoms with Crippen LogP contribution in [0.15, 0.2) is 108 Å². The molecule has 37 heavy (non-hydrogen) atoms. The number of hydrogen-bond donors (Lipinski definition) is 1. The Hall–Kier alpha value is -4.09. The minimum absolute atomic E-state index is 0.0609. The summed E-state index contributed by atoms with van der Waals surface area (Å²) in [6.07, 6.45) is 0. The van der Waals surface area contributed by atoms with Crippen LogP contribution in [0.1, 0.15) is 16.7 Å². The third kappa shape index (κ3) is 5.52. The first-order valence-corrected chi connectivity index (χ1v) is 13.3. The maximum atomic E-state index is 12.9. The zero-order chi connectivity index (χ0) is 25.8. The number of benzene rings is 4. The first kappa shape index (κ1) is 24.6. The predicted molar refractivity (Wildman–Crippen MR) is 154 cm³/mol. The van der Waals surface area contributed by atoms with Gasteiger partial charge < -0.3 is 5.32 Å². The third-order valence-electron chi connectivity index (χ3n) is 6.36. The fourth-order valence-corrected chi connectivity index (χ4v) is 5.05. The Morgan fingerprint density at radius 2 is 1.43 bits per heavy atom. The number of nitrogens with zero attached hydrogens (tertiary/aromatic N) is 2. The smallest absolute Gasteiger partial charge is 0.234 e. The number of nitrogens with one attached hydrogen (secondary N) is 1. The van der Waals surface area contributed by atoms with Gasteiger partial charge in [0.15, 0.2) is 5.16 Å². The minimum atomic E-state index is -0.0609. The van der Waals surface area contributed by atoms with Crippen LogP contribution in [-0.4, -0.2) is 21.2 Å². The van der Waals surface area contributed by atoms with Gasteiger partial charge in [0.25, 0.3) is 0 Å². The van der Waals surface area contributed by atoms with Gasteiger partial charge in [0.1, 0.15) is 0 Å². The van der Waals surface area contributed by atoms with Crippen molar-refractivity contribution in [1.29, 1.82) is 0 Å². The summed E-state index contributed by atoms with van der Waals surface area (Å²) in [5.41, 5.74) is 9.37. The molecule has 4 nitrogen and oxygen atoms in total. The highest BCUT2D eigenvalue weighted by molar-refractivity contribution is 7.99. The van der Waals surface area contributed by atoms with E-state index in [4.69, 9.17) is 4.98 Å². The second-order valence-corrected chi connectivity index (χ2v) is 10.1. The quantitative estimate of drug-likeness (QED) is 0.230. The summed E-state index contributed by atoms with van der Waals surface area (Å²) in [7, 11) is 0. The molecule has 184 valence electrons. The fraction of sp³-hybridized carbons (Fsp3) is 0.125. The molecular weight excluding hydrogens is 474 g/mol. The van der Waals surface area contributed by atoms with Crippen LogP contribution >= 0.6 is 11.8 Å². The number of rotatable bonds is 7. The summed E-state index contributed by atoms with van der Waals surface area (Å²) in [5, 5.41) is 3.81. The fourth-order valence-electron chi connectivity index (χ4n) is 4.24. The lowest BCUT2D eigenvalue weighted by atomic mass is 10.0. The first-order chi connectivity index (χ1) is 18.0. The van der Waals surface area contributed by atoms with Gasteiger partial charge in [-0.25, -0.2) is 4.98 Å². The third-order valence-corrected chi connectivity index (χ3v) is 7.29. The summed E-state index contributed by atoms with van der Waals surface area (Å²) in [4.78, 5) is 18.0. The van der Waals surface area contributed by atoms with Gasteiger partial charge in [-0.15, -0.1) is 0 Å². The van der Waals surface area contributed by atoms with Crippen molar-refractivity contribution in [3.8, 4) is 28.2 Å². The van der Waals surface area contributed by atoms with Gasteiger partial charge in [0, 0.05) is 22.5 Å². The van der Waals surface area contributed by atoms with Crippen molar-refractivity contribution < 1.29 is 4.79 Å². The van der Waals surface area contributed by atoms with Crippen molar-refractivity contribution in [1.82, 2.24) is 9.55 Å². The highest BCUT2D eigenvalue weighted by atomic mass is 32.2. The van der Waals surface area contributed by atoms with E-state index in [2.05, 4.69) is 72.3 Å². The van der Waals surface area contributed by atoms with Crippen molar-refractivity contribution in [3.05, 3.63) is 120 Å². The molecule has 0 saturated carbocycles. The van der Waals surface area contributed by atoms with Crippen molar-refractivity contribution in [3.63, 3.8) is 0 Å². The van der Waals surface area contributed by atoms with Gasteiger partial charge in [-0.3, -0.25) is 9.36 Å². The van der Waals surface area contributed by atoms with Gasteiger partial charge in [0.2, 0.25) is 5.91 Å². The molecule has 0 saturated heterocycles. The van der Waals surface area contributed by atoms with E-state index in [1.165, 1.54) is 22.9 Å². The molecule has 0 aliphatic carbocycles. The highest BCUT2D eigenvalue weighted by Crippen LogP contribution is 2.38. The van der Waals surface area contributed by atoms with Crippen LogP contribution in [0.25, 0.3) is 28.2 Å². The van der Waals surface area contributed by atoms with Crippen LogP contribution in [0.3, 0.4) is 0 Å². The zero-order valence-corrected chi connectivity index (χ0v) is 22.0. The second-order valence-electron chi connectivity index (χ2n) is 9.13. The number of anilines is 1. The van der Waals surface area contributed by atoms with Gasteiger partial charge in [0.05, 0.1) is 17.1 Å². The summed E-state index contributed by atoms with van der Waals surface area (Å²) in [5.74, 6) is 0.187. The van der Waals surface area contributed by atoms with Crippen LogP contribution < -0.4 is 5.32 Å². The molecule has 4 aromatic carbocycles. The number of carbonyl (C=O) groups is 1. The standard InChI is InChI=1S/C32H29N3OS/c1-22-14-18-28(19-15-22)35-31(26-12-8-5-9-13-26)30(25-10-6-4-7-11-25)34-32(35)37-21-29(36)33-27-17-16-23(2)24(3)20-27/h4-20H,21H2,1-3H3,(H,33,36). The number of amides is 1. The van der Waals surface area contributed by atoms with E-state index >= 15 is 0 Å². The molecule has 1 N–H and O–H groups in total. The molecule has 1 heterocycles. The van der Waals surface area contributed by atoms with Crippen molar-refractivity contribution in [2.24, 2.45) is 0 Å². The van der Waals surface area contributed by atoms with E-state index in [1.807, 2.05) is 61.5 Å². The largest absolute Gasteiger partial charge is 0.325 e. The van der Waals surface area contributed by atoms with Crippen LogP contribution in [0.4, 0.5) is 5.69 Å². The highest BCUT2D eigenvalue weighted by Gasteiger charge is 2.22. The predicted octanol–water partition coefficient (Wildman–Crippen LogP) is 7.86. The van der Waals surface area contributed by atoms with E-state index in [0.29, 0.717) is 0 Å². The summed E-state index contributed by atoms with van der Waals surface area (Å²) >= 11 is 1.44. The number of aromatic nitrogens is 2. The van der Waals surface area contributed by atoms with Crippen LogP contribution in [0, 0.1) is 20.8 Å². The van der Waals surface area contributed by atoms with Gasteiger partial charge >= 0.3 is 0 Å². The lowest BCUT2D eigenvalue weighted by Gasteiger charge is -2.14. The van der Waals surface area contributed by atoms with Gasteiger partial charge in [-0.2, -0.15) is 0 Å². The number of imidazole rings is 1. The van der Waals surface area contributed by atoms with E-state index in [0.717, 1.165) is 44.6 Å². The molecule has 5 aromatic rings. The Labute approximate surface area is 222 Å². The Bertz CT molecular complexity index is 1520. The van der Waals surface area contributed by atoms with Crippen LogP contribution in [0.5, 0.6) is 0 Å². The Kier molecular flexibility index (Phi) is 7.24. The zero-order valence-electron chi connectivity index (χ0n) is 21.2. The van der Waals surface area contributed by atoms with Crippen LogP contribution in [0.2, 0.25) is 0 Å². The number of thioether (sulfide) groups is 1. The van der Waals surface area contributed by atoms with Gasteiger partial charge in [-0.1, -0.05) is 96.2 Å². The van der Waals surface area contributed by atoms with E-state index in [1.54, 1.807) is 0 Å². The van der Waals surface area contributed by atoms with E-state index < -0.39 is 0 Å². The Morgan fingerprint density at radius 3 is 2.08 bits per heavy atom. The molecule has 0 atom stereocenters. The Morgan fingerprint density at radius 1 is 0.784 bits per heavy atom. The molecule has 0 aliphatic rings. The molecular formula is C32H29N3OS. The first-order valence-electron chi connectivity index (χ1n) is 12.3. The summed E-state index contributed by atoms with van der Waals surface area (Å²) in [6, 6.07) is 34.9. The van der Waals surface area contributed by atoms with E-state index in [-0.39, 0.29) is 11.7 Å². The molecule has 1 amide bonds. The number of carbonyl (C=O) groups excluding carboxylic acids is 1. The molecule has 0 fully saturated rings. The summed E-state index contributed by atoms with van der Waals surface area (Å²) in [6.45, 7) is 6.20. The van der Waals surface area contributed by atoms with Crippen molar-refractivity contribution in [2.75, 3.05) is 11.1 Å². The maximum Gasteiger partial charge on any atom is 0.234 e. The maximum absolute atomic E-state index is 12.9. The van der Waals surface area contributed by atoms with Crippen LogP contribution in [-0.2, 0) is 4.79 Å². The molecule has 0 radical (unpaired) electrons. The lowest BCUT2D eigenvalue weighted by molar-refractivity contribution is -0.113. The molecule has 1 aromatic heterocycles. The number of hydrogen-bond acceptors (Lipinski definition) is 3. The monoisotopic (exact) mass is 503 g/mol.